The Labute approximate surface area is 235 Å². The van der Waals surface area contributed by atoms with Crippen molar-refractivity contribution in [3.63, 3.8) is 0 Å². The van der Waals surface area contributed by atoms with Crippen molar-refractivity contribution < 1.29 is 22.7 Å². The van der Waals surface area contributed by atoms with E-state index < -0.39 is 28.5 Å². The molecule has 1 atom stereocenters. The van der Waals surface area contributed by atoms with Crippen LogP contribution in [0, 0.1) is 0 Å². The first kappa shape index (κ1) is 30.0. The summed E-state index contributed by atoms with van der Waals surface area (Å²) in [4.78, 5) is 28.5. The van der Waals surface area contributed by atoms with Crippen molar-refractivity contribution in [1.29, 1.82) is 0 Å². The number of hydrogen-bond donors (Lipinski definition) is 1. The molecule has 8 nitrogen and oxygen atoms in total. The van der Waals surface area contributed by atoms with Crippen LogP contribution in [0.2, 0.25) is 5.02 Å². The summed E-state index contributed by atoms with van der Waals surface area (Å²) in [6, 6.07) is 20.6. The molecule has 0 radical (unpaired) electrons. The molecule has 0 saturated heterocycles. The van der Waals surface area contributed by atoms with E-state index in [9.17, 15) is 18.0 Å². The Kier molecular flexibility index (Phi) is 10.8. The van der Waals surface area contributed by atoms with Gasteiger partial charge in [0.1, 0.15) is 18.3 Å². The van der Waals surface area contributed by atoms with Crippen LogP contribution in [-0.2, 0) is 26.2 Å². The lowest BCUT2D eigenvalue weighted by atomic mass is 10.1. The van der Waals surface area contributed by atoms with Crippen LogP contribution in [0.3, 0.4) is 0 Å². The third-order valence-corrected chi connectivity index (χ3v) is 8.21. The van der Waals surface area contributed by atoms with E-state index in [1.54, 1.807) is 49.6 Å². The third-order valence-electron chi connectivity index (χ3n) is 6.17. The first-order valence-electron chi connectivity index (χ1n) is 12.7. The quantitative estimate of drug-likeness (QED) is 0.315. The SMILES string of the molecule is CCCNC(=O)[C@H](CC)N(Cc1ccc(OC)cc1)C(=O)CN(c1ccccc1)S(=O)(=O)c1ccc(Cl)cc1. The fraction of sp³-hybridized carbons (Fsp3) is 0.310. The van der Waals surface area contributed by atoms with Crippen LogP contribution >= 0.6 is 11.6 Å². The van der Waals surface area contributed by atoms with Gasteiger partial charge >= 0.3 is 0 Å². The highest BCUT2D eigenvalue weighted by Gasteiger charge is 2.33. The molecule has 0 aliphatic rings. The number of amides is 2. The Morgan fingerprint density at radius 1 is 0.949 bits per heavy atom. The molecule has 0 bridgehead atoms. The van der Waals surface area contributed by atoms with Crippen molar-refractivity contribution in [2.75, 3.05) is 24.5 Å². The average molecular weight is 572 g/mol. The Morgan fingerprint density at radius 3 is 2.15 bits per heavy atom. The molecule has 0 spiro atoms. The third kappa shape index (κ3) is 7.74. The molecule has 3 aromatic carbocycles. The number of methoxy groups -OCH3 is 1. The number of nitrogens with zero attached hydrogens (tertiary/aromatic N) is 2. The maximum absolute atomic E-state index is 14.0. The van der Waals surface area contributed by atoms with Gasteiger partial charge in [-0.1, -0.05) is 55.8 Å². The molecular weight excluding hydrogens is 538 g/mol. The number of nitrogens with one attached hydrogen (secondary N) is 1. The number of para-hydroxylation sites is 1. The van der Waals surface area contributed by atoms with E-state index in [0.29, 0.717) is 29.4 Å². The first-order chi connectivity index (χ1) is 18.7. The lowest BCUT2D eigenvalue weighted by Crippen LogP contribution is -2.52. The molecule has 3 rings (SSSR count). The van der Waals surface area contributed by atoms with E-state index in [1.807, 2.05) is 26.0 Å². The highest BCUT2D eigenvalue weighted by atomic mass is 35.5. The minimum Gasteiger partial charge on any atom is -0.497 e. The summed E-state index contributed by atoms with van der Waals surface area (Å²) in [5, 5.41) is 3.27. The number of hydrogen-bond acceptors (Lipinski definition) is 5. The highest BCUT2D eigenvalue weighted by Crippen LogP contribution is 2.26. The summed E-state index contributed by atoms with van der Waals surface area (Å²) in [5.74, 6) is -0.132. The van der Waals surface area contributed by atoms with Crippen LogP contribution in [0.25, 0.3) is 0 Å². The van der Waals surface area contributed by atoms with Crippen molar-refractivity contribution in [2.24, 2.45) is 0 Å². The highest BCUT2D eigenvalue weighted by molar-refractivity contribution is 7.92. The number of carbonyl (C=O) groups excluding carboxylic acids is 2. The summed E-state index contributed by atoms with van der Waals surface area (Å²) in [5.41, 5.74) is 1.10. The smallest absolute Gasteiger partial charge is 0.264 e. The van der Waals surface area contributed by atoms with E-state index >= 15 is 0 Å². The molecule has 3 aromatic rings. The van der Waals surface area contributed by atoms with Crippen LogP contribution in [0.4, 0.5) is 5.69 Å². The van der Waals surface area contributed by atoms with Gasteiger partial charge in [-0.25, -0.2) is 8.42 Å². The molecular formula is C29H34ClN3O5S. The van der Waals surface area contributed by atoms with Gasteiger partial charge in [0, 0.05) is 18.1 Å². The lowest BCUT2D eigenvalue weighted by molar-refractivity contribution is -0.140. The standard InChI is InChI=1S/C29H34ClN3O5S/c1-4-19-31-29(35)27(5-2)32(20-22-11-15-25(38-3)16-12-22)28(34)21-33(24-9-7-6-8-10-24)39(36,37)26-17-13-23(30)14-18-26/h6-18,27H,4-5,19-21H2,1-3H3,(H,31,35)/t27-/m0/s1. The number of sulfonamides is 1. The van der Waals surface area contributed by atoms with Gasteiger partial charge in [-0.15, -0.1) is 0 Å². The number of carbonyl (C=O) groups is 2. The Morgan fingerprint density at radius 2 is 1.59 bits per heavy atom. The first-order valence-corrected chi connectivity index (χ1v) is 14.6. The van der Waals surface area contributed by atoms with Crippen molar-refractivity contribution in [3.8, 4) is 5.75 Å². The Hall–Kier alpha value is -3.56. The fourth-order valence-electron chi connectivity index (χ4n) is 4.07. The summed E-state index contributed by atoms with van der Waals surface area (Å²) in [7, 11) is -2.57. The van der Waals surface area contributed by atoms with E-state index in [1.165, 1.54) is 29.2 Å². The normalized spacial score (nSPS) is 11.9. The van der Waals surface area contributed by atoms with Gasteiger partial charge in [0.15, 0.2) is 0 Å². The van der Waals surface area contributed by atoms with Gasteiger partial charge in [-0.2, -0.15) is 0 Å². The summed E-state index contributed by atoms with van der Waals surface area (Å²) in [6.07, 6.45) is 1.10. The Balaban J connectivity index is 2.01. The molecule has 208 valence electrons. The lowest BCUT2D eigenvalue weighted by Gasteiger charge is -2.33. The summed E-state index contributed by atoms with van der Waals surface area (Å²) in [6.45, 7) is 3.86. The summed E-state index contributed by atoms with van der Waals surface area (Å²) >= 11 is 5.98. The molecule has 0 saturated carbocycles. The van der Waals surface area contributed by atoms with Gasteiger partial charge in [0.25, 0.3) is 10.0 Å². The van der Waals surface area contributed by atoms with Crippen molar-refractivity contribution in [1.82, 2.24) is 10.2 Å². The second-order valence-corrected chi connectivity index (χ2v) is 11.2. The van der Waals surface area contributed by atoms with E-state index in [2.05, 4.69) is 5.32 Å². The molecule has 39 heavy (non-hydrogen) atoms. The topological polar surface area (TPSA) is 96.0 Å². The Bertz CT molecular complexity index is 1330. The molecule has 0 heterocycles. The number of ether oxygens (including phenoxy) is 1. The zero-order chi connectivity index (χ0) is 28.4. The predicted molar refractivity (Wildman–Crippen MR) is 153 cm³/mol. The van der Waals surface area contributed by atoms with E-state index in [-0.39, 0.29) is 17.3 Å². The molecule has 10 heteroatoms. The van der Waals surface area contributed by atoms with Gasteiger partial charge in [-0.05, 0) is 66.9 Å². The van der Waals surface area contributed by atoms with Crippen molar-refractivity contribution >= 4 is 39.1 Å². The second kappa shape index (κ2) is 14.0. The summed E-state index contributed by atoms with van der Waals surface area (Å²) < 4.78 is 33.8. The van der Waals surface area contributed by atoms with Crippen molar-refractivity contribution in [2.45, 2.75) is 44.2 Å². The van der Waals surface area contributed by atoms with Gasteiger partial charge in [-0.3, -0.25) is 13.9 Å². The molecule has 0 unspecified atom stereocenters. The molecule has 2 amide bonds. The maximum Gasteiger partial charge on any atom is 0.264 e. The maximum atomic E-state index is 14.0. The predicted octanol–water partition coefficient (Wildman–Crippen LogP) is 4.88. The van der Waals surface area contributed by atoms with E-state index in [0.717, 1.165) is 16.3 Å². The monoisotopic (exact) mass is 571 g/mol. The van der Waals surface area contributed by atoms with Crippen molar-refractivity contribution in [3.05, 3.63) is 89.4 Å². The number of benzene rings is 3. The molecule has 0 aliphatic heterocycles. The van der Waals surface area contributed by atoms with Crippen LogP contribution in [0.1, 0.15) is 32.3 Å². The minimum atomic E-state index is -4.14. The molecule has 0 fully saturated rings. The van der Waals surface area contributed by atoms with Gasteiger partial charge in [0.05, 0.1) is 17.7 Å². The van der Waals surface area contributed by atoms with Gasteiger partial charge < -0.3 is 15.0 Å². The largest absolute Gasteiger partial charge is 0.497 e. The number of anilines is 1. The van der Waals surface area contributed by atoms with E-state index in [4.69, 9.17) is 16.3 Å². The molecule has 1 N–H and O–H groups in total. The van der Waals surface area contributed by atoms with Crippen LogP contribution in [0.15, 0.2) is 83.8 Å². The second-order valence-electron chi connectivity index (χ2n) is 8.89. The number of rotatable bonds is 13. The van der Waals surface area contributed by atoms with Gasteiger partial charge in [0.2, 0.25) is 11.8 Å². The van der Waals surface area contributed by atoms with Crippen LogP contribution in [0.5, 0.6) is 5.75 Å². The average Bonchev–Trinajstić information content (AvgIpc) is 2.95. The van der Waals surface area contributed by atoms with Crippen LogP contribution < -0.4 is 14.4 Å². The van der Waals surface area contributed by atoms with Crippen LogP contribution in [-0.4, -0.2) is 51.4 Å². The minimum absolute atomic E-state index is 0.00186. The molecule has 0 aliphatic carbocycles. The zero-order valence-corrected chi connectivity index (χ0v) is 23.9. The fourth-order valence-corrected chi connectivity index (χ4v) is 5.61. The molecule has 0 aromatic heterocycles. The zero-order valence-electron chi connectivity index (χ0n) is 22.3. The number of halogens is 1.